The molecule has 2 aromatic carbocycles. The van der Waals surface area contributed by atoms with Crippen molar-refractivity contribution in [2.45, 2.75) is 12.8 Å². The number of hydrogen-bond donors (Lipinski definition) is 2. The summed E-state index contributed by atoms with van der Waals surface area (Å²) in [5.41, 5.74) is 0.868. The zero-order valence-electron chi connectivity index (χ0n) is 17.4. The Labute approximate surface area is 187 Å². The minimum Gasteiger partial charge on any atom is -0.466 e. The Kier molecular flexibility index (Phi) is 5.61. The molecule has 0 saturated heterocycles. The van der Waals surface area contributed by atoms with Crippen LogP contribution in [0.3, 0.4) is 0 Å². The number of carbonyl (C=O) groups is 4. The van der Waals surface area contributed by atoms with Gasteiger partial charge in [0, 0.05) is 24.2 Å². The van der Waals surface area contributed by atoms with E-state index in [-0.39, 0.29) is 29.8 Å². The molecule has 1 unspecified atom stereocenters. The van der Waals surface area contributed by atoms with Crippen molar-refractivity contribution in [3.05, 3.63) is 69.9 Å². The number of carbonyl (C=O) groups excluding carboxylic acids is 4. The highest BCUT2D eigenvalue weighted by Gasteiger charge is 2.44. The normalized spacial score (nSPS) is 17.0. The van der Waals surface area contributed by atoms with Crippen molar-refractivity contribution in [2.24, 2.45) is 5.92 Å². The fourth-order valence-corrected chi connectivity index (χ4v) is 3.86. The number of nitro groups is 1. The van der Waals surface area contributed by atoms with Crippen molar-refractivity contribution in [1.82, 2.24) is 0 Å². The van der Waals surface area contributed by atoms with Crippen molar-refractivity contribution >= 4 is 46.4 Å². The molecule has 2 aliphatic heterocycles. The van der Waals surface area contributed by atoms with Crippen LogP contribution in [0.1, 0.15) is 12.8 Å². The van der Waals surface area contributed by atoms with Crippen molar-refractivity contribution < 1.29 is 28.8 Å². The SMILES string of the molecule is COC(=O)C1=C2C(=O)Nc3ccccc3N2C(=O)C(CC(=O)Nc2ccc([N+](=O)[O-])cc2)C1. The molecule has 2 heterocycles. The lowest BCUT2D eigenvalue weighted by atomic mass is 9.87. The van der Waals surface area contributed by atoms with Gasteiger partial charge in [-0.1, -0.05) is 12.1 Å². The number of nitro benzene ring substituents is 1. The number of anilines is 3. The molecular formula is C22H18N4O7. The third kappa shape index (κ3) is 4.03. The first-order valence-electron chi connectivity index (χ1n) is 9.90. The van der Waals surface area contributed by atoms with Crippen LogP contribution in [0.4, 0.5) is 22.7 Å². The van der Waals surface area contributed by atoms with Crippen LogP contribution in [0, 0.1) is 16.0 Å². The summed E-state index contributed by atoms with van der Waals surface area (Å²) >= 11 is 0. The molecule has 1 atom stereocenters. The minimum absolute atomic E-state index is 0.00256. The van der Waals surface area contributed by atoms with E-state index in [9.17, 15) is 29.3 Å². The second kappa shape index (κ2) is 8.54. The zero-order valence-corrected chi connectivity index (χ0v) is 17.4. The predicted molar refractivity (Wildman–Crippen MR) is 116 cm³/mol. The summed E-state index contributed by atoms with van der Waals surface area (Å²) in [5, 5.41) is 16.0. The van der Waals surface area contributed by atoms with Gasteiger partial charge in [-0.05, 0) is 30.7 Å². The molecule has 0 aromatic heterocycles. The molecule has 0 bridgehead atoms. The molecule has 0 aliphatic carbocycles. The Morgan fingerprint density at radius 3 is 2.55 bits per heavy atom. The number of hydrogen-bond acceptors (Lipinski definition) is 7. The van der Waals surface area contributed by atoms with Gasteiger partial charge in [0.25, 0.3) is 11.6 Å². The summed E-state index contributed by atoms with van der Waals surface area (Å²) < 4.78 is 4.82. The largest absolute Gasteiger partial charge is 0.466 e. The molecule has 3 amide bonds. The van der Waals surface area contributed by atoms with Gasteiger partial charge in [-0.15, -0.1) is 0 Å². The smallest absolute Gasteiger partial charge is 0.336 e. The van der Waals surface area contributed by atoms with Gasteiger partial charge < -0.3 is 15.4 Å². The lowest BCUT2D eigenvalue weighted by Crippen LogP contribution is -2.48. The van der Waals surface area contributed by atoms with E-state index in [2.05, 4.69) is 10.6 Å². The second-order valence-electron chi connectivity index (χ2n) is 7.42. The van der Waals surface area contributed by atoms with E-state index in [0.717, 1.165) is 4.90 Å². The highest BCUT2D eigenvalue weighted by molar-refractivity contribution is 6.23. The minimum atomic E-state index is -0.931. The quantitative estimate of drug-likeness (QED) is 0.404. The number of esters is 1. The van der Waals surface area contributed by atoms with Crippen LogP contribution in [-0.4, -0.2) is 35.7 Å². The number of nitrogens with one attached hydrogen (secondary N) is 2. The van der Waals surface area contributed by atoms with Crippen molar-refractivity contribution in [3.63, 3.8) is 0 Å². The Morgan fingerprint density at radius 2 is 1.88 bits per heavy atom. The molecule has 2 aromatic rings. The molecule has 0 radical (unpaired) electrons. The Morgan fingerprint density at radius 1 is 1.18 bits per heavy atom. The van der Waals surface area contributed by atoms with Crippen LogP contribution in [0.15, 0.2) is 59.8 Å². The van der Waals surface area contributed by atoms with Crippen LogP contribution in [0.2, 0.25) is 0 Å². The third-order valence-corrected chi connectivity index (χ3v) is 5.36. The summed E-state index contributed by atoms with van der Waals surface area (Å²) in [5.74, 6) is -3.34. The lowest BCUT2D eigenvalue weighted by molar-refractivity contribution is -0.384. The zero-order chi connectivity index (χ0) is 23.7. The topological polar surface area (TPSA) is 148 Å². The average molecular weight is 450 g/mol. The van der Waals surface area contributed by atoms with Gasteiger partial charge in [-0.2, -0.15) is 0 Å². The first kappa shape index (κ1) is 21.7. The molecular weight excluding hydrogens is 432 g/mol. The Balaban J connectivity index is 1.62. The van der Waals surface area contributed by atoms with Gasteiger partial charge in [-0.3, -0.25) is 29.4 Å². The van der Waals surface area contributed by atoms with E-state index >= 15 is 0 Å². The summed E-state index contributed by atoms with van der Waals surface area (Å²) in [6.45, 7) is 0. The molecule has 11 heteroatoms. The molecule has 0 fully saturated rings. The number of benzene rings is 2. The van der Waals surface area contributed by atoms with Crippen LogP contribution in [0.5, 0.6) is 0 Å². The molecule has 2 aliphatic rings. The number of nitrogens with zero attached hydrogens (tertiary/aromatic N) is 2. The van der Waals surface area contributed by atoms with Gasteiger partial charge >= 0.3 is 5.97 Å². The molecule has 2 N–H and O–H groups in total. The Bertz CT molecular complexity index is 1220. The Hall–Kier alpha value is -4.54. The summed E-state index contributed by atoms with van der Waals surface area (Å²) in [4.78, 5) is 62.5. The maximum Gasteiger partial charge on any atom is 0.336 e. The maximum atomic E-state index is 13.3. The van der Waals surface area contributed by atoms with Gasteiger partial charge in [0.2, 0.25) is 11.8 Å². The van der Waals surface area contributed by atoms with E-state index in [0.29, 0.717) is 17.1 Å². The van der Waals surface area contributed by atoms with E-state index < -0.39 is 34.5 Å². The molecule has 0 spiro atoms. The average Bonchev–Trinajstić information content (AvgIpc) is 2.80. The van der Waals surface area contributed by atoms with Crippen molar-refractivity contribution in [1.29, 1.82) is 0 Å². The first-order chi connectivity index (χ1) is 15.8. The van der Waals surface area contributed by atoms with Gasteiger partial charge in [0.1, 0.15) is 5.70 Å². The van der Waals surface area contributed by atoms with E-state index in [1.54, 1.807) is 24.3 Å². The number of para-hydroxylation sites is 2. The van der Waals surface area contributed by atoms with E-state index in [1.807, 2.05) is 0 Å². The number of rotatable bonds is 5. The van der Waals surface area contributed by atoms with Crippen molar-refractivity contribution in [3.8, 4) is 0 Å². The predicted octanol–water partition coefficient (Wildman–Crippen LogP) is 2.36. The molecule has 168 valence electrons. The fraction of sp³-hybridized carbons (Fsp3) is 0.182. The van der Waals surface area contributed by atoms with Gasteiger partial charge in [-0.25, -0.2) is 4.79 Å². The molecule has 0 saturated carbocycles. The van der Waals surface area contributed by atoms with E-state index in [4.69, 9.17) is 4.74 Å². The number of methoxy groups -OCH3 is 1. The van der Waals surface area contributed by atoms with Crippen LogP contribution in [-0.2, 0) is 23.9 Å². The lowest BCUT2D eigenvalue weighted by Gasteiger charge is -2.38. The highest BCUT2D eigenvalue weighted by Crippen LogP contribution is 2.41. The monoisotopic (exact) mass is 450 g/mol. The van der Waals surface area contributed by atoms with Crippen LogP contribution >= 0.6 is 0 Å². The first-order valence-corrected chi connectivity index (χ1v) is 9.90. The van der Waals surface area contributed by atoms with Crippen molar-refractivity contribution in [2.75, 3.05) is 22.6 Å². The standard InChI is InChI=1S/C22H18N4O7/c1-33-22(30)15-10-12(11-18(27)23-13-6-8-14(9-7-13)26(31)32)21(29)25-17-5-3-2-4-16(17)24-20(28)19(15)25/h2-9,12H,10-11H2,1H3,(H,23,27)(H,24,28). The van der Waals surface area contributed by atoms with Crippen LogP contribution in [0.25, 0.3) is 0 Å². The number of amides is 3. The van der Waals surface area contributed by atoms with Gasteiger partial charge in [0.05, 0.1) is 34.9 Å². The number of non-ortho nitro benzene ring substituents is 1. The fourth-order valence-electron chi connectivity index (χ4n) is 3.86. The molecule has 33 heavy (non-hydrogen) atoms. The number of ether oxygens (including phenoxy) is 1. The maximum absolute atomic E-state index is 13.3. The second-order valence-corrected chi connectivity index (χ2v) is 7.42. The van der Waals surface area contributed by atoms with E-state index in [1.165, 1.54) is 31.4 Å². The summed E-state index contributed by atoms with van der Waals surface area (Å²) in [6, 6.07) is 11.9. The third-order valence-electron chi connectivity index (χ3n) is 5.36. The van der Waals surface area contributed by atoms with Crippen LogP contribution < -0.4 is 15.5 Å². The number of fused-ring (bicyclic) bond motifs is 3. The summed E-state index contributed by atoms with van der Waals surface area (Å²) in [6.07, 6.45) is -0.426. The molecule has 11 nitrogen and oxygen atoms in total. The van der Waals surface area contributed by atoms with Gasteiger partial charge in [0.15, 0.2) is 0 Å². The molecule has 4 rings (SSSR count). The summed E-state index contributed by atoms with van der Waals surface area (Å²) in [7, 11) is 1.17. The highest BCUT2D eigenvalue weighted by atomic mass is 16.6.